The van der Waals surface area contributed by atoms with E-state index in [-0.39, 0.29) is 11.7 Å². The number of hydrogen-bond acceptors (Lipinski definition) is 5. The normalized spacial score (nSPS) is 14.5. The lowest BCUT2D eigenvalue weighted by Crippen LogP contribution is -2.35. The van der Waals surface area contributed by atoms with Crippen LogP contribution in [0.2, 0.25) is 0 Å². The monoisotopic (exact) mass is 264 g/mol. The molecule has 0 amide bonds. The van der Waals surface area contributed by atoms with Gasteiger partial charge in [0.05, 0.1) is 6.61 Å². The summed E-state index contributed by atoms with van der Waals surface area (Å²) in [5, 5.41) is 13.7. The topological polar surface area (TPSA) is 75.6 Å². The second-order valence-electron chi connectivity index (χ2n) is 4.05. The molecule has 0 rings (SSSR count). The number of hydrogen-bond donors (Lipinski definition) is 2. The summed E-state index contributed by atoms with van der Waals surface area (Å²) in [7, 11) is -0.449. The van der Waals surface area contributed by atoms with Gasteiger partial charge in [-0.05, 0) is 20.4 Å². The number of esters is 1. The molecule has 17 heavy (non-hydrogen) atoms. The van der Waals surface area contributed by atoms with Crippen LogP contribution >= 0.6 is 0 Å². The molecule has 0 heterocycles. The van der Waals surface area contributed by atoms with Crippen LogP contribution in [0.1, 0.15) is 19.8 Å². The number of ether oxygens (including phenoxy) is 1. The number of rotatable bonds is 7. The van der Waals surface area contributed by atoms with Gasteiger partial charge in [0.2, 0.25) is 0 Å². The van der Waals surface area contributed by atoms with Crippen LogP contribution < -0.4 is 5.32 Å². The highest BCUT2D eigenvalue weighted by atomic mass is 32.2. The van der Waals surface area contributed by atoms with Crippen molar-refractivity contribution in [2.24, 2.45) is 0 Å². The molecule has 0 aliphatic carbocycles. The quantitative estimate of drug-likeness (QED) is 0.409. The fraction of sp³-hybridized carbons (Fsp3) is 0.727. The number of carbonyl (C=O) groups is 1. The molecule has 0 radical (unpaired) electrons. The first-order valence-corrected chi connectivity index (χ1v) is 7.91. The number of aliphatic hydroxyl groups excluding tert-OH is 1. The van der Waals surface area contributed by atoms with Crippen molar-refractivity contribution in [2.45, 2.75) is 25.8 Å². The Morgan fingerprint density at radius 3 is 2.53 bits per heavy atom. The van der Waals surface area contributed by atoms with Crippen LogP contribution in [-0.4, -0.2) is 43.3 Å². The summed E-state index contributed by atoms with van der Waals surface area (Å²) in [4.78, 5) is 11.4. The molecule has 0 aromatic rings. The van der Waals surface area contributed by atoms with Crippen molar-refractivity contribution < 1.29 is 18.8 Å². The smallest absolute Gasteiger partial charge is 0.323 e. The average Bonchev–Trinajstić information content (AvgIpc) is 2.16. The zero-order valence-electron chi connectivity index (χ0n) is 10.9. The zero-order chi connectivity index (χ0) is 13.5. The first kappa shape index (κ1) is 16.1. The number of allylic oxidation sites excluding steroid dienone is 1. The summed E-state index contributed by atoms with van der Waals surface area (Å²) < 4.78 is 16.3. The Bertz CT molecular complexity index is 321. The number of nitrogens with one attached hydrogen (secondary N) is 1. The van der Waals surface area contributed by atoms with Crippen LogP contribution in [0.25, 0.3) is 0 Å². The van der Waals surface area contributed by atoms with E-state index in [1.807, 2.05) is 0 Å². The van der Waals surface area contributed by atoms with Gasteiger partial charge >= 0.3 is 5.97 Å². The van der Waals surface area contributed by atoms with E-state index in [0.29, 0.717) is 19.4 Å². The SMILES string of the molecule is CCOC(=O)[C@H](CC/C(O)=C/[S+](C)(C)=O)NC. The van der Waals surface area contributed by atoms with Crippen molar-refractivity contribution in [2.75, 3.05) is 26.2 Å². The molecule has 0 aromatic heterocycles. The number of likely N-dealkylation sites (N-methyl/N-ethyl adjacent to an activating group) is 1. The van der Waals surface area contributed by atoms with Gasteiger partial charge in [-0.2, -0.15) is 0 Å². The maximum Gasteiger partial charge on any atom is 0.323 e. The van der Waals surface area contributed by atoms with Crippen molar-refractivity contribution in [3.8, 4) is 0 Å². The number of carbonyl (C=O) groups excluding carboxylic acids is 1. The molecule has 0 spiro atoms. The van der Waals surface area contributed by atoms with E-state index in [9.17, 15) is 14.1 Å². The molecule has 2 N–H and O–H groups in total. The van der Waals surface area contributed by atoms with E-state index in [4.69, 9.17) is 4.74 Å². The molecular weight excluding hydrogens is 242 g/mol. The second kappa shape index (κ2) is 7.45. The number of aliphatic hydroxyl groups is 1. The highest BCUT2D eigenvalue weighted by Gasteiger charge is 2.19. The van der Waals surface area contributed by atoms with Crippen LogP contribution in [0.4, 0.5) is 0 Å². The Morgan fingerprint density at radius 1 is 1.53 bits per heavy atom. The molecule has 0 aliphatic rings. The highest BCUT2D eigenvalue weighted by molar-refractivity contribution is 8.04. The molecule has 5 nitrogen and oxygen atoms in total. The summed E-state index contributed by atoms with van der Waals surface area (Å²) in [6, 6.07) is -0.449. The second-order valence-corrected chi connectivity index (χ2v) is 6.90. The zero-order valence-corrected chi connectivity index (χ0v) is 11.7. The van der Waals surface area contributed by atoms with Gasteiger partial charge in [0, 0.05) is 6.42 Å². The molecule has 1 atom stereocenters. The summed E-state index contributed by atoms with van der Waals surface area (Å²) in [5.41, 5.74) is 0. The lowest BCUT2D eigenvalue weighted by molar-refractivity contribution is -0.145. The van der Waals surface area contributed by atoms with E-state index in [1.54, 1.807) is 26.5 Å². The molecule has 0 saturated carbocycles. The van der Waals surface area contributed by atoms with Crippen LogP contribution in [-0.2, 0) is 23.7 Å². The van der Waals surface area contributed by atoms with Gasteiger partial charge < -0.3 is 15.2 Å². The van der Waals surface area contributed by atoms with Crippen LogP contribution in [0.3, 0.4) is 0 Å². The van der Waals surface area contributed by atoms with Crippen LogP contribution in [0.15, 0.2) is 11.2 Å². The van der Waals surface area contributed by atoms with Crippen molar-refractivity contribution in [3.05, 3.63) is 11.2 Å². The minimum Gasteiger partial charge on any atom is -0.508 e. The predicted molar refractivity (Wildman–Crippen MR) is 69.3 cm³/mol. The molecule has 0 aliphatic heterocycles. The molecule has 0 aromatic carbocycles. The van der Waals surface area contributed by atoms with Gasteiger partial charge in [-0.15, -0.1) is 4.21 Å². The van der Waals surface area contributed by atoms with E-state index < -0.39 is 16.0 Å². The molecule has 6 heteroatoms. The third-order valence-corrected chi connectivity index (χ3v) is 2.87. The van der Waals surface area contributed by atoms with Gasteiger partial charge in [0.15, 0.2) is 5.41 Å². The fourth-order valence-corrected chi connectivity index (χ4v) is 2.07. The van der Waals surface area contributed by atoms with Crippen LogP contribution in [0.5, 0.6) is 0 Å². The minimum absolute atomic E-state index is 0.0459. The largest absolute Gasteiger partial charge is 0.508 e. The van der Waals surface area contributed by atoms with Gasteiger partial charge in [0.1, 0.15) is 34.2 Å². The lowest BCUT2D eigenvalue weighted by atomic mass is 10.1. The van der Waals surface area contributed by atoms with Gasteiger partial charge in [-0.1, -0.05) is 0 Å². The Balaban J connectivity index is 4.29. The molecule has 0 bridgehead atoms. The Labute approximate surface area is 104 Å². The van der Waals surface area contributed by atoms with E-state index in [2.05, 4.69) is 5.32 Å². The maximum atomic E-state index is 11.4. The Morgan fingerprint density at radius 2 is 2.12 bits per heavy atom. The molecule has 100 valence electrons. The van der Waals surface area contributed by atoms with Crippen molar-refractivity contribution in [1.82, 2.24) is 5.32 Å². The van der Waals surface area contributed by atoms with Crippen molar-refractivity contribution in [3.63, 3.8) is 0 Å². The summed E-state index contributed by atoms with van der Waals surface area (Å²) in [5.74, 6) is -0.291. The van der Waals surface area contributed by atoms with E-state index in [1.165, 1.54) is 5.41 Å². The lowest BCUT2D eigenvalue weighted by Gasteiger charge is -2.13. The third-order valence-electron chi connectivity index (χ3n) is 2.03. The predicted octanol–water partition coefficient (Wildman–Crippen LogP) is 1.08. The highest BCUT2D eigenvalue weighted by Crippen LogP contribution is 2.09. The summed E-state index contributed by atoms with van der Waals surface area (Å²) in [6.07, 6.45) is 3.80. The maximum absolute atomic E-state index is 11.4. The van der Waals surface area contributed by atoms with Crippen molar-refractivity contribution in [1.29, 1.82) is 0 Å². The van der Waals surface area contributed by atoms with Crippen LogP contribution in [0, 0.1) is 0 Å². The summed E-state index contributed by atoms with van der Waals surface area (Å²) >= 11 is 0. The first-order valence-electron chi connectivity index (χ1n) is 5.47. The minimum atomic E-state index is -2.11. The fourth-order valence-electron chi connectivity index (χ4n) is 1.30. The van der Waals surface area contributed by atoms with E-state index >= 15 is 0 Å². The molecule has 0 fully saturated rings. The van der Waals surface area contributed by atoms with Gasteiger partial charge in [0.25, 0.3) is 0 Å². The molecular formula is C11H22NO4S+. The Kier molecular flexibility index (Phi) is 7.06. The third kappa shape index (κ3) is 7.93. The molecule has 0 saturated heterocycles. The first-order chi connectivity index (χ1) is 7.80. The Hall–Kier alpha value is -0.880. The van der Waals surface area contributed by atoms with Gasteiger partial charge in [-0.25, -0.2) is 0 Å². The standard InChI is InChI=1S/C11H21NO4S/c1-5-16-11(14)10(12-2)7-6-9(13)8-17(3,4)15/h8,10,12H,5-7H2,1-4H3/p+1/t10-/m0/s1. The van der Waals surface area contributed by atoms with Crippen molar-refractivity contribution >= 4 is 15.9 Å². The molecule has 0 unspecified atom stereocenters. The van der Waals surface area contributed by atoms with E-state index in [0.717, 1.165) is 0 Å². The summed E-state index contributed by atoms with van der Waals surface area (Å²) in [6.45, 7) is 2.07. The average molecular weight is 264 g/mol. The van der Waals surface area contributed by atoms with Gasteiger partial charge in [-0.3, -0.25) is 4.79 Å².